The number of benzene rings is 3. The molecular formula is C32H32N2O4. The van der Waals surface area contributed by atoms with E-state index in [9.17, 15) is 14.7 Å². The number of carboxylic acids is 1. The SMILES string of the molecule is COc1ccc(-c2ccc(CN(C(=O)CC3CCCC3)c3nccc4cc(C(=O)O)ccc34)cc2)cc1C. The highest BCUT2D eigenvalue weighted by Gasteiger charge is 2.25. The van der Waals surface area contributed by atoms with Gasteiger partial charge in [0.05, 0.1) is 19.2 Å². The highest BCUT2D eigenvalue weighted by Crippen LogP contribution is 2.32. The standard InChI is InChI=1S/C32H32N2O4/c1-21-17-25(12-14-29(21)38-2)24-9-7-23(8-10-24)20-34(30(35)18-22-5-3-4-6-22)31-28-13-11-27(32(36)37)19-26(28)15-16-33-31/h7-17,19,22H,3-6,18,20H2,1-2H3,(H,36,37). The molecule has 4 aromatic rings. The quantitative estimate of drug-likeness (QED) is 0.276. The smallest absolute Gasteiger partial charge is 0.335 e. The van der Waals surface area contributed by atoms with Gasteiger partial charge in [0, 0.05) is 18.0 Å². The van der Waals surface area contributed by atoms with Crippen molar-refractivity contribution in [3.63, 3.8) is 0 Å². The van der Waals surface area contributed by atoms with Crippen molar-refractivity contribution in [2.24, 2.45) is 5.92 Å². The van der Waals surface area contributed by atoms with Gasteiger partial charge < -0.3 is 9.84 Å². The van der Waals surface area contributed by atoms with Crippen LogP contribution in [0.5, 0.6) is 5.75 Å². The molecule has 1 amide bonds. The molecule has 0 atom stereocenters. The zero-order chi connectivity index (χ0) is 26.6. The normalized spacial score (nSPS) is 13.5. The Labute approximate surface area is 222 Å². The third-order valence-corrected chi connectivity index (χ3v) is 7.51. The highest BCUT2D eigenvalue weighted by molar-refractivity contribution is 6.04. The Hall–Kier alpha value is -4.19. The van der Waals surface area contributed by atoms with E-state index in [4.69, 9.17) is 4.74 Å². The van der Waals surface area contributed by atoms with E-state index in [1.165, 1.54) is 12.8 Å². The summed E-state index contributed by atoms with van der Waals surface area (Å²) in [5, 5.41) is 10.9. The number of fused-ring (bicyclic) bond motifs is 1. The zero-order valence-corrected chi connectivity index (χ0v) is 21.8. The minimum absolute atomic E-state index is 0.0501. The number of aromatic nitrogens is 1. The molecule has 0 spiro atoms. The van der Waals surface area contributed by atoms with Crippen molar-refractivity contribution in [1.29, 1.82) is 0 Å². The van der Waals surface area contributed by atoms with E-state index < -0.39 is 5.97 Å². The van der Waals surface area contributed by atoms with Gasteiger partial charge in [0.1, 0.15) is 11.6 Å². The first kappa shape index (κ1) is 25.5. The first-order valence-corrected chi connectivity index (χ1v) is 13.1. The summed E-state index contributed by atoms with van der Waals surface area (Å²) in [5.41, 5.74) is 4.48. The van der Waals surface area contributed by atoms with Gasteiger partial charge in [-0.3, -0.25) is 9.69 Å². The fourth-order valence-corrected chi connectivity index (χ4v) is 5.41. The lowest BCUT2D eigenvalue weighted by Crippen LogP contribution is -2.32. The Morgan fingerprint density at radius 3 is 2.39 bits per heavy atom. The van der Waals surface area contributed by atoms with Gasteiger partial charge in [-0.25, -0.2) is 9.78 Å². The average Bonchev–Trinajstić information content (AvgIpc) is 3.44. The molecule has 1 aromatic heterocycles. The first-order chi connectivity index (χ1) is 18.4. The summed E-state index contributed by atoms with van der Waals surface area (Å²) in [6.07, 6.45) is 6.66. The number of carbonyl (C=O) groups is 2. The maximum absolute atomic E-state index is 13.7. The van der Waals surface area contributed by atoms with Crippen molar-refractivity contribution < 1.29 is 19.4 Å². The lowest BCUT2D eigenvalue weighted by molar-refractivity contribution is -0.119. The fourth-order valence-electron chi connectivity index (χ4n) is 5.41. The van der Waals surface area contributed by atoms with Gasteiger partial charge in [0.15, 0.2) is 0 Å². The lowest BCUT2D eigenvalue weighted by Gasteiger charge is -2.25. The van der Waals surface area contributed by atoms with Crippen LogP contribution in [0.4, 0.5) is 5.82 Å². The zero-order valence-electron chi connectivity index (χ0n) is 21.8. The minimum atomic E-state index is -0.980. The highest BCUT2D eigenvalue weighted by atomic mass is 16.5. The largest absolute Gasteiger partial charge is 0.496 e. The molecule has 1 fully saturated rings. The molecule has 6 nitrogen and oxygen atoms in total. The molecule has 0 radical (unpaired) electrons. The Bertz CT molecular complexity index is 1470. The maximum atomic E-state index is 13.7. The van der Waals surface area contributed by atoms with Crippen molar-refractivity contribution in [1.82, 2.24) is 4.98 Å². The Morgan fingerprint density at radius 1 is 0.974 bits per heavy atom. The number of carboxylic acid groups (broad SMARTS) is 1. The molecule has 0 bridgehead atoms. The van der Waals surface area contributed by atoms with Gasteiger partial charge in [-0.05, 0) is 89.7 Å². The van der Waals surface area contributed by atoms with Crippen molar-refractivity contribution in [3.05, 3.63) is 89.6 Å². The van der Waals surface area contributed by atoms with Gasteiger partial charge in [-0.1, -0.05) is 43.2 Å². The molecule has 38 heavy (non-hydrogen) atoms. The summed E-state index contributed by atoms with van der Waals surface area (Å²) in [6, 6.07) is 21.1. The molecule has 5 rings (SSSR count). The second kappa shape index (κ2) is 11.1. The summed E-state index contributed by atoms with van der Waals surface area (Å²) >= 11 is 0. The number of methoxy groups -OCH3 is 1. The number of anilines is 1. The molecule has 1 saturated carbocycles. The van der Waals surface area contributed by atoms with Crippen molar-refractivity contribution in [3.8, 4) is 16.9 Å². The number of hydrogen-bond donors (Lipinski definition) is 1. The molecule has 1 N–H and O–H groups in total. The minimum Gasteiger partial charge on any atom is -0.496 e. The van der Waals surface area contributed by atoms with E-state index in [0.29, 0.717) is 24.7 Å². The summed E-state index contributed by atoms with van der Waals surface area (Å²) in [7, 11) is 1.67. The second-order valence-electron chi connectivity index (χ2n) is 10.1. The van der Waals surface area contributed by atoms with Crippen LogP contribution in [0.15, 0.2) is 72.9 Å². The topological polar surface area (TPSA) is 79.7 Å². The molecule has 194 valence electrons. The molecule has 1 aliphatic rings. The summed E-state index contributed by atoms with van der Waals surface area (Å²) in [4.78, 5) is 31.6. The van der Waals surface area contributed by atoms with Crippen LogP contribution in [0.1, 0.15) is 53.6 Å². The third kappa shape index (κ3) is 5.40. The number of carbonyl (C=O) groups excluding carboxylic acids is 1. The van der Waals surface area contributed by atoms with Crippen LogP contribution in [-0.4, -0.2) is 29.1 Å². The summed E-state index contributed by atoms with van der Waals surface area (Å²) in [6.45, 7) is 2.42. The van der Waals surface area contributed by atoms with Crippen molar-refractivity contribution in [2.75, 3.05) is 12.0 Å². The van der Waals surface area contributed by atoms with Gasteiger partial charge in [-0.15, -0.1) is 0 Å². The summed E-state index contributed by atoms with van der Waals surface area (Å²) in [5.74, 6) is 0.900. The molecule has 0 aliphatic heterocycles. The van der Waals surface area contributed by atoms with Crippen LogP contribution in [0.3, 0.4) is 0 Å². The molecule has 1 aliphatic carbocycles. The van der Waals surface area contributed by atoms with Crippen LogP contribution in [-0.2, 0) is 11.3 Å². The molecule has 6 heteroatoms. The number of amides is 1. The first-order valence-electron chi connectivity index (χ1n) is 13.1. The van der Waals surface area contributed by atoms with E-state index >= 15 is 0 Å². The Morgan fingerprint density at radius 2 is 1.71 bits per heavy atom. The number of aromatic carboxylic acids is 1. The van der Waals surface area contributed by atoms with Gasteiger partial charge >= 0.3 is 5.97 Å². The van der Waals surface area contributed by atoms with Gasteiger partial charge in [-0.2, -0.15) is 0 Å². The predicted octanol–water partition coefficient (Wildman–Crippen LogP) is 7.03. The van der Waals surface area contributed by atoms with Crippen LogP contribution >= 0.6 is 0 Å². The van der Waals surface area contributed by atoms with Crippen molar-refractivity contribution >= 4 is 28.5 Å². The van der Waals surface area contributed by atoms with Gasteiger partial charge in [0.2, 0.25) is 5.91 Å². The number of nitrogens with zero attached hydrogens (tertiary/aromatic N) is 2. The molecule has 1 heterocycles. The third-order valence-electron chi connectivity index (χ3n) is 7.51. The molecule has 0 unspecified atom stereocenters. The predicted molar refractivity (Wildman–Crippen MR) is 150 cm³/mol. The molecular weight excluding hydrogens is 476 g/mol. The van der Waals surface area contributed by atoms with Crippen LogP contribution in [0.25, 0.3) is 21.9 Å². The number of rotatable bonds is 8. The number of ether oxygens (including phenoxy) is 1. The van der Waals surface area contributed by atoms with Gasteiger partial charge in [0.25, 0.3) is 0 Å². The van der Waals surface area contributed by atoms with Crippen LogP contribution in [0, 0.1) is 12.8 Å². The second-order valence-corrected chi connectivity index (χ2v) is 10.1. The Balaban J connectivity index is 1.47. The average molecular weight is 509 g/mol. The summed E-state index contributed by atoms with van der Waals surface area (Å²) < 4.78 is 5.39. The van der Waals surface area contributed by atoms with Crippen molar-refractivity contribution in [2.45, 2.75) is 45.6 Å². The molecule has 3 aromatic carbocycles. The Kier molecular flexibility index (Phi) is 7.40. The van der Waals surface area contributed by atoms with E-state index in [2.05, 4.69) is 35.3 Å². The molecule has 0 saturated heterocycles. The van der Waals surface area contributed by atoms with Crippen LogP contribution < -0.4 is 9.64 Å². The van der Waals surface area contributed by atoms with E-state index in [0.717, 1.165) is 51.6 Å². The monoisotopic (exact) mass is 508 g/mol. The van der Waals surface area contributed by atoms with Crippen LogP contribution in [0.2, 0.25) is 0 Å². The van der Waals surface area contributed by atoms with E-state index in [1.54, 1.807) is 42.5 Å². The van der Waals surface area contributed by atoms with E-state index in [1.807, 2.05) is 19.1 Å². The number of aryl methyl sites for hydroxylation is 1. The maximum Gasteiger partial charge on any atom is 0.335 e. The lowest BCUT2D eigenvalue weighted by atomic mass is 10.0. The fraction of sp³-hybridized carbons (Fsp3) is 0.281. The van der Waals surface area contributed by atoms with E-state index in [-0.39, 0.29) is 11.5 Å². The number of pyridine rings is 1. The number of hydrogen-bond acceptors (Lipinski definition) is 4.